The van der Waals surface area contributed by atoms with E-state index in [4.69, 9.17) is 0 Å². The molecule has 0 saturated heterocycles. The second-order valence-electron chi connectivity index (χ2n) is 6.99. The van der Waals surface area contributed by atoms with Crippen LogP contribution in [0.2, 0.25) is 0 Å². The molecule has 0 aliphatic carbocycles. The van der Waals surface area contributed by atoms with Crippen molar-refractivity contribution in [3.63, 3.8) is 0 Å². The van der Waals surface area contributed by atoms with Crippen LogP contribution in [0.5, 0.6) is 0 Å². The standard InChI is InChI=1S/C21H40O3.Na.H/c1-3-4-5-6-7-8-9-10-11-12-13-14-15-16-17-18-20(22)19-21(23)24-2;;/h3-19H2,1-2H3;;/q;+1;-1. The third-order valence-electron chi connectivity index (χ3n) is 4.63. The predicted octanol–water partition coefficient (Wildman–Crippen LogP) is 3.50. The summed E-state index contributed by atoms with van der Waals surface area (Å²) in [6.45, 7) is 2.27. The first-order chi connectivity index (χ1) is 11.7. The molecule has 0 aromatic heterocycles. The van der Waals surface area contributed by atoms with Crippen LogP contribution in [0, 0.1) is 0 Å². The fraction of sp³-hybridized carbons (Fsp3) is 0.905. The van der Waals surface area contributed by atoms with Crippen molar-refractivity contribution in [1.29, 1.82) is 0 Å². The number of esters is 1. The van der Waals surface area contributed by atoms with Crippen LogP contribution in [-0.2, 0) is 14.3 Å². The monoisotopic (exact) mass is 364 g/mol. The first-order valence-electron chi connectivity index (χ1n) is 10.3. The quantitative estimate of drug-likeness (QED) is 0.162. The van der Waals surface area contributed by atoms with Gasteiger partial charge in [0.1, 0.15) is 12.2 Å². The van der Waals surface area contributed by atoms with E-state index >= 15 is 0 Å². The number of rotatable bonds is 18. The Kier molecular flexibility index (Phi) is 24.3. The number of hydrogen-bond acceptors (Lipinski definition) is 3. The molecule has 3 nitrogen and oxygen atoms in total. The van der Waals surface area contributed by atoms with Crippen LogP contribution in [-0.4, -0.2) is 18.9 Å². The van der Waals surface area contributed by atoms with Crippen LogP contribution in [0.4, 0.5) is 0 Å². The van der Waals surface area contributed by atoms with Gasteiger partial charge < -0.3 is 6.16 Å². The molecule has 0 saturated carbocycles. The van der Waals surface area contributed by atoms with E-state index in [0.717, 1.165) is 12.8 Å². The first-order valence-corrected chi connectivity index (χ1v) is 10.3. The van der Waals surface area contributed by atoms with Gasteiger partial charge in [-0.05, 0) is 6.42 Å². The fourth-order valence-corrected chi connectivity index (χ4v) is 3.02. The maximum atomic E-state index is 11.4. The molecule has 0 atom stereocenters. The Morgan fingerprint density at radius 2 is 1.04 bits per heavy atom. The fourth-order valence-electron chi connectivity index (χ4n) is 3.02. The largest absolute Gasteiger partial charge is 1.00 e. The molecule has 144 valence electrons. The SMILES string of the molecule is CCCCCCCCCCCCCCCCCC(=O)CC(=O)OC.[H-].[Na+]. The summed E-state index contributed by atoms with van der Waals surface area (Å²) in [6.07, 6.45) is 20.3. The second-order valence-corrected chi connectivity index (χ2v) is 6.99. The molecule has 0 amide bonds. The number of carbonyl (C=O) groups excluding carboxylic acids is 2. The van der Waals surface area contributed by atoms with Crippen molar-refractivity contribution >= 4 is 11.8 Å². The molecule has 25 heavy (non-hydrogen) atoms. The van der Waals surface area contributed by atoms with Crippen molar-refractivity contribution in [3.8, 4) is 0 Å². The zero-order valence-electron chi connectivity index (χ0n) is 18.2. The summed E-state index contributed by atoms with van der Waals surface area (Å²) in [5, 5.41) is 0. The normalized spacial score (nSPS) is 10.3. The summed E-state index contributed by atoms with van der Waals surface area (Å²) in [5.74, 6) is -0.405. The van der Waals surface area contributed by atoms with E-state index in [1.165, 1.54) is 90.6 Å². The average Bonchev–Trinajstić information content (AvgIpc) is 2.58. The maximum absolute atomic E-state index is 11.4. The maximum Gasteiger partial charge on any atom is 1.00 e. The third kappa shape index (κ3) is 22.1. The molecule has 0 spiro atoms. The van der Waals surface area contributed by atoms with Crippen molar-refractivity contribution in [1.82, 2.24) is 0 Å². The van der Waals surface area contributed by atoms with Crippen LogP contribution in [0.15, 0.2) is 0 Å². The Hall–Kier alpha value is 0.140. The summed E-state index contributed by atoms with van der Waals surface area (Å²) < 4.78 is 4.49. The predicted molar refractivity (Wildman–Crippen MR) is 102 cm³/mol. The van der Waals surface area contributed by atoms with Crippen molar-refractivity contribution in [2.45, 2.75) is 116 Å². The minimum absolute atomic E-state index is 0. The number of hydrogen-bond donors (Lipinski definition) is 0. The molecule has 0 rings (SSSR count). The Bertz CT molecular complexity index is 312. The Balaban J connectivity index is -0.00000264. The van der Waals surface area contributed by atoms with Crippen molar-refractivity contribution < 1.29 is 45.3 Å². The molecule has 0 aliphatic heterocycles. The van der Waals surface area contributed by atoms with E-state index in [0.29, 0.717) is 6.42 Å². The molecule has 0 unspecified atom stereocenters. The molecule has 0 heterocycles. The summed E-state index contributed by atoms with van der Waals surface area (Å²) in [7, 11) is 1.32. The Morgan fingerprint density at radius 1 is 0.680 bits per heavy atom. The van der Waals surface area contributed by atoms with Gasteiger partial charge in [-0.1, -0.05) is 96.8 Å². The third-order valence-corrected chi connectivity index (χ3v) is 4.63. The van der Waals surface area contributed by atoms with Gasteiger partial charge in [0.2, 0.25) is 0 Å². The first kappa shape index (κ1) is 27.4. The van der Waals surface area contributed by atoms with Crippen LogP contribution >= 0.6 is 0 Å². The Morgan fingerprint density at radius 3 is 1.40 bits per heavy atom. The summed E-state index contributed by atoms with van der Waals surface area (Å²) in [5.41, 5.74) is 0. The molecule has 0 aliphatic rings. The smallest absolute Gasteiger partial charge is 1.00 e. The van der Waals surface area contributed by atoms with Gasteiger partial charge in [-0.25, -0.2) is 0 Å². The number of Topliss-reactive ketones (excluding diaryl/α,β-unsaturated/α-hetero) is 1. The van der Waals surface area contributed by atoms with Crippen LogP contribution in [0.3, 0.4) is 0 Å². The molecular formula is C21H41NaO3. The van der Waals surface area contributed by atoms with Crippen molar-refractivity contribution in [2.75, 3.05) is 7.11 Å². The van der Waals surface area contributed by atoms with Gasteiger partial charge in [0.25, 0.3) is 0 Å². The molecule has 4 heteroatoms. The minimum Gasteiger partial charge on any atom is -1.00 e. The van der Waals surface area contributed by atoms with E-state index in [-0.39, 0.29) is 43.2 Å². The van der Waals surface area contributed by atoms with Crippen LogP contribution in [0.25, 0.3) is 0 Å². The van der Waals surface area contributed by atoms with E-state index < -0.39 is 5.97 Å². The average molecular weight is 365 g/mol. The van der Waals surface area contributed by atoms with E-state index in [1.807, 2.05) is 0 Å². The Labute approximate surface area is 179 Å². The molecule has 0 aromatic carbocycles. The van der Waals surface area contributed by atoms with Gasteiger partial charge >= 0.3 is 35.5 Å². The number of unbranched alkanes of at least 4 members (excludes halogenated alkanes) is 14. The van der Waals surface area contributed by atoms with E-state index in [1.54, 1.807) is 0 Å². The van der Waals surface area contributed by atoms with E-state index in [9.17, 15) is 9.59 Å². The van der Waals surface area contributed by atoms with Crippen molar-refractivity contribution in [2.24, 2.45) is 0 Å². The summed E-state index contributed by atoms with van der Waals surface area (Å²) >= 11 is 0. The topological polar surface area (TPSA) is 43.4 Å². The molecule has 0 fully saturated rings. The molecule has 0 N–H and O–H groups in total. The second kappa shape index (κ2) is 22.2. The van der Waals surface area contributed by atoms with Gasteiger partial charge in [-0.15, -0.1) is 0 Å². The number of methoxy groups -OCH3 is 1. The summed E-state index contributed by atoms with van der Waals surface area (Å²) in [6, 6.07) is 0. The minimum atomic E-state index is -0.416. The molecule has 0 radical (unpaired) electrons. The summed E-state index contributed by atoms with van der Waals surface area (Å²) in [4.78, 5) is 22.4. The van der Waals surface area contributed by atoms with Crippen LogP contribution in [0.1, 0.15) is 118 Å². The number of ketones is 1. The van der Waals surface area contributed by atoms with Gasteiger partial charge in [-0.3, -0.25) is 9.59 Å². The molecule has 0 aromatic rings. The number of carbonyl (C=O) groups is 2. The van der Waals surface area contributed by atoms with Gasteiger partial charge in [0.05, 0.1) is 7.11 Å². The zero-order valence-corrected chi connectivity index (χ0v) is 19.2. The van der Waals surface area contributed by atoms with Gasteiger partial charge in [0.15, 0.2) is 0 Å². The number of ether oxygens (including phenoxy) is 1. The zero-order chi connectivity index (χ0) is 17.9. The van der Waals surface area contributed by atoms with Crippen LogP contribution < -0.4 is 29.6 Å². The van der Waals surface area contributed by atoms with Gasteiger partial charge in [-0.2, -0.15) is 0 Å². The molecule has 0 bridgehead atoms. The van der Waals surface area contributed by atoms with E-state index in [2.05, 4.69) is 11.7 Å². The van der Waals surface area contributed by atoms with Crippen molar-refractivity contribution in [3.05, 3.63) is 0 Å². The van der Waals surface area contributed by atoms with Gasteiger partial charge in [0, 0.05) is 6.42 Å². The molecular weight excluding hydrogens is 323 g/mol.